The van der Waals surface area contributed by atoms with Gasteiger partial charge in [-0.1, -0.05) is 48.5 Å². The largest absolute Gasteiger partial charge is 0.481 e. The van der Waals surface area contributed by atoms with Gasteiger partial charge in [0.1, 0.15) is 0 Å². The van der Waals surface area contributed by atoms with E-state index in [1.54, 1.807) is 24.3 Å². The maximum atomic E-state index is 12.5. The molecule has 0 unspecified atom stereocenters. The molecule has 0 atom stereocenters. The van der Waals surface area contributed by atoms with Gasteiger partial charge in [0.25, 0.3) is 5.56 Å². The molecule has 0 aliphatic carbocycles. The summed E-state index contributed by atoms with van der Waals surface area (Å²) < 4.78 is 1.33. The second-order valence-electron chi connectivity index (χ2n) is 5.01. The molecule has 1 heterocycles. The standard InChI is InChI=1S/C17H14N2O3/c20-16(21)10-15-13-8-4-5-9-14(13)17(22)19(18-15)11-12-6-2-1-3-7-12/h1-9H,10-11H2,(H,20,21). The number of hydrogen-bond donors (Lipinski definition) is 1. The normalized spacial score (nSPS) is 10.7. The molecule has 0 radical (unpaired) electrons. The van der Waals surface area contributed by atoms with Crippen LogP contribution in [0.3, 0.4) is 0 Å². The Morgan fingerprint density at radius 2 is 1.64 bits per heavy atom. The summed E-state index contributed by atoms with van der Waals surface area (Å²) in [4.78, 5) is 23.6. The van der Waals surface area contributed by atoms with E-state index in [0.29, 0.717) is 23.0 Å². The van der Waals surface area contributed by atoms with Crippen molar-refractivity contribution in [3.63, 3.8) is 0 Å². The minimum atomic E-state index is -0.970. The highest BCUT2D eigenvalue weighted by atomic mass is 16.4. The molecule has 22 heavy (non-hydrogen) atoms. The Hall–Kier alpha value is -2.95. The molecule has 0 aliphatic rings. The average Bonchev–Trinajstić information content (AvgIpc) is 2.52. The Labute approximate surface area is 126 Å². The fourth-order valence-electron chi connectivity index (χ4n) is 2.44. The maximum absolute atomic E-state index is 12.5. The third kappa shape index (κ3) is 2.74. The first kappa shape index (κ1) is 14.0. The molecule has 3 aromatic rings. The van der Waals surface area contributed by atoms with E-state index < -0.39 is 5.97 Å². The van der Waals surface area contributed by atoms with E-state index in [1.165, 1.54) is 4.68 Å². The summed E-state index contributed by atoms with van der Waals surface area (Å²) in [5.74, 6) is -0.970. The van der Waals surface area contributed by atoms with E-state index in [0.717, 1.165) is 5.56 Å². The predicted octanol–water partition coefficient (Wildman–Crippen LogP) is 2.07. The Morgan fingerprint density at radius 1 is 1.00 bits per heavy atom. The quantitative estimate of drug-likeness (QED) is 0.799. The molecular weight excluding hydrogens is 280 g/mol. The van der Waals surface area contributed by atoms with Crippen LogP contribution in [0.4, 0.5) is 0 Å². The Morgan fingerprint density at radius 3 is 2.32 bits per heavy atom. The van der Waals surface area contributed by atoms with Gasteiger partial charge < -0.3 is 5.11 Å². The summed E-state index contributed by atoms with van der Waals surface area (Å²) in [5.41, 5.74) is 1.13. The molecule has 5 nitrogen and oxygen atoms in total. The first-order chi connectivity index (χ1) is 10.6. The molecule has 0 amide bonds. The van der Waals surface area contributed by atoms with E-state index in [2.05, 4.69) is 5.10 Å². The van der Waals surface area contributed by atoms with Gasteiger partial charge in [0.15, 0.2) is 0 Å². The van der Waals surface area contributed by atoms with Crippen molar-refractivity contribution in [2.75, 3.05) is 0 Å². The highest BCUT2D eigenvalue weighted by Crippen LogP contribution is 2.14. The molecule has 0 saturated heterocycles. The van der Waals surface area contributed by atoms with Gasteiger partial charge in [0.05, 0.1) is 24.0 Å². The zero-order valence-corrected chi connectivity index (χ0v) is 11.8. The molecule has 110 valence electrons. The fraction of sp³-hybridized carbons (Fsp3) is 0.118. The number of aliphatic carboxylic acids is 1. The number of nitrogens with zero attached hydrogens (tertiary/aromatic N) is 2. The summed E-state index contributed by atoms with van der Waals surface area (Å²) in [7, 11) is 0. The number of benzene rings is 2. The van der Waals surface area contributed by atoms with Gasteiger partial charge in [-0.3, -0.25) is 9.59 Å². The zero-order chi connectivity index (χ0) is 15.5. The lowest BCUT2D eigenvalue weighted by Gasteiger charge is -2.10. The molecule has 3 rings (SSSR count). The van der Waals surface area contributed by atoms with Gasteiger partial charge in [0, 0.05) is 5.39 Å². The van der Waals surface area contributed by atoms with Crippen molar-refractivity contribution in [2.45, 2.75) is 13.0 Å². The van der Waals surface area contributed by atoms with Gasteiger partial charge in [-0.25, -0.2) is 4.68 Å². The number of carbonyl (C=O) groups is 1. The van der Waals surface area contributed by atoms with Crippen molar-refractivity contribution in [1.82, 2.24) is 9.78 Å². The Balaban J connectivity index is 2.16. The monoisotopic (exact) mass is 294 g/mol. The minimum Gasteiger partial charge on any atom is -0.481 e. The van der Waals surface area contributed by atoms with Crippen LogP contribution in [0.15, 0.2) is 59.4 Å². The molecular formula is C17H14N2O3. The number of rotatable bonds is 4. The Kier molecular flexibility index (Phi) is 3.70. The van der Waals surface area contributed by atoms with Crippen molar-refractivity contribution < 1.29 is 9.90 Å². The zero-order valence-electron chi connectivity index (χ0n) is 11.8. The van der Waals surface area contributed by atoms with Crippen LogP contribution >= 0.6 is 0 Å². The van der Waals surface area contributed by atoms with E-state index >= 15 is 0 Å². The maximum Gasteiger partial charge on any atom is 0.309 e. The van der Waals surface area contributed by atoms with Gasteiger partial charge in [-0.05, 0) is 11.6 Å². The van der Waals surface area contributed by atoms with Crippen LogP contribution in [0.25, 0.3) is 10.8 Å². The van der Waals surface area contributed by atoms with Gasteiger partial charge in [-0.15, -0.1) is 0 Å². The summed E-state index contributed by atoms with van der Waals surface area (Å²) in [6.45, 7) is 0.317. The number of carboxylic acids is 1. The van der Waals surface area contributed by atoms with Crippen molar-refractivity contribution in [3.8, 4) is 0 Å². The molecule has 0 saturated carbocycles. The fourth-order valence-corrected chi connectivity index (χ4v) is 2.44. The van der Waals surface area contributed by atoms with Crippen molar-refractivity contribution in [3.05, 3.63) is 76.2 Å². The van der Waals surface area contributed by atoms with Gasteiger partial charge in [0.2, 0.25) is 0 Å². The van der Waals surface area contributed by atoms with E-state index in [-0.39, 0.29) is 12.0 Å². The summed E-state index contributed by atoms with van der Waals surface area (Å²) >= 11 is 0. The number of fused-ring (bicyclic) bond motifs is 1. The molecule has 1 N–H and O–H groups in total. The Bertz CT molecular complexity index is 885. The minimum absolute atomic E-state index is 0.213. The summed E-state index contributed by atoms with van der Waals surface area (Å²) in [5, 5.41) is 14.4. The lowest BCUT2D eigenvalue weighted by atomic mass is 10.1. The first-order valence-electron chi connectivity index (χ1n) is 6.89. The average molecular weight is 294 g/mol. The van der Waals surface area contributed by atoms with Crippen LogP contribution in [0.2, 0.25) is 0 Å². The van der Waals surface area contributed by atoms with Crippen LogP contribution in [0.5, 0.6) is 0 Å². The van der Waals surface area contributed by atoms with Crippen LogP contribution in [-0.2, 0) is 17.8 Å². The summed E-state index contributed by atoms with van der Waals surface area (Å²) in [6.07, 6.45) is -0.213. The SMILES string of the molecule is O=C(O)Cc1nn(Cc2ccccc2)c(=O)c2ccccc12. The van der Waals surface area contributed by atoms with E-state index in [1.807, 2.05) is 30.3 Å². The molecule has 1 aromatic heterocycles. The first-order valence-corrected chi connectivity index (χ1v) is 6.89. The lowest BCUT2D eigenvalue weighted by Crippen LogP contribution is -2.26. The van der Waals surface area contributed by atoms with Crippen LogP contribution in [0, 0.1) is 0 Å². The molecule has 0 fully saturated rings. The number of aromatic nitrogens is 2. The molecule has 0 spiro atoms. The predicted molar refractivity (Wildman–Crippen MR) is 82.9 cm³/mol. The summed E-state index contributed by atoms with van der Waals surface area (Å²) in [6, 6.07) is 16.5. The third-order valence-electron chi connectivity index (χ3n) is 3.44. The molecule has 2 aromatic carbocycles. The van der Waals surface area contributed by atoms with E-state index in [4.69, 9.17) is 5.11 Å². The topological polar surface area (TPSA) is 72.2 Å². The lowest BCUT2D eigenvalue weighted by molar-refractivity contribution is -0.136. The van der Waals surface area contributed by atoms with Crippen LogP contribution in [-0.4, -0.2) is 20.9 Å². The van der Waals surface area contributed by atoms with E-state index in [9.17, 15) is 9.59 Å². The molecule has 5 heteroatoms. The van der Waals surface area contributed by atoms with Crippen LogP contribution in [0.1, 0.15) is 11.3 Å². The van der Waals surface area contributed by atoms with Crippen LogP contribution < -0.4 is 5.56 Å². The van der Waals surface area contributed by atoms with Crippen molar-refractivity contribution in [2.24, 2.45) is 0 Å². The molecule has 0 aliphatic heterocycles. The smallest absolute Gasteiger partial charge is 0.309 e. The highest BCUT2D eigenvalue weighted by Gasteiger charge is 2.13. The third-order valence-corrected chi connectivity index (χ3v) is 3.44. The second kappa shape index (κ2) is 5.81. The van der Waals surface area contributed by atoms with Crippen molar-refractivity contribution in [1.29, 1.82) is 0 Å². The van der Waals surface area contributed by atoms with Crippen molar-refractivity contribution >= 4 is 16.7 Å². The van der Waals surface area contributed by atoms with Gasteiger partial charge >= 0.3 is 5.97 Å². The second-order valence-corrected chi connectivity index (χ2v) is 5.01. The highest BCUT2D eigenvalue weighted by molar-refractivity contribution is 5.86. The molecule has 0 bridgehead atoms. The van der Waals surface area contributed by atoms with Gasteiger partial charge in [-0.2, -0.15) is 5.10 Å². The number of carboxylic acid groups (broad SMARTS) is 1. The number of hydrogen-bond acceptors (Lipinski definition) is 3.